The van der Waals surface area contributed by atoms with Crippen LogP contribution in [0.5, 0.6) is 5.75 Å². The van der Waals surface area contributed by atoms with Gasteiger partial charge in [-0.3, -0.25) is 15.2 Å². The number of hydrogen-bond acceptors (Lipinski definition) is 6. The number of fused-ring (bicyclic) bond motifs is 1. The van der Waals surface area contributed by atoms with Crippen LogP contribution in [0.25, 0.3) is 33.2 Å². The van der Waals surface area contributed by atoms with Crippen LogP contribution in [0.2, 0.25) is 0 Å². The minimum atomic E-state index is -0.422. The summed E-state index contributed by atoms with van der Waals surface area (Å²) in [6.45, 7) is 2.05. The first-order chi connectivity index (χ1) is 19.7. The standard InChI is InChI=1S/C31H28FIN6O2/c1-3-4-5-29(40)38-22-8-17(7-21(33)12-22)19-10-25(31(35)37-14-19)30(34)27-13-24-26(15-36-16-28(24)39-27)18-6-20(32)11-23(9-18)41-2/h6-16,34,39H,3-5H2,1-2H3,(H2,35,37)(H,38,40). The van der Waals surface area contributed by atoms with Crippen molar-refractivity contribution < 1.29 is 13.9 Å². The number of ether oxygens (including phenoxy) is 1. The zero-order chi connectivity index (χ0) is 29.1. The van der Waals surface area contributed by atoms with Crippen molar-refractivity contribution in [1.29, 1.82) is 5.41 Å². The first-order valence-corrected chi connectivity index (χ1v) is 14.1. The molecule has 0 fully saturated rings. The highest BCUT2D eigenvalue weighted by atomic mass is 127. The van der Waals surface area contributed by atoms with Crippen LogP contribution in [0, 0.1) is 14.8 Å². The van der Waals surface area contributed by atoms with Crippen LogP contribution in [0.3, 0.4) is 0 Å². The number of pyridine rings is 2. The zero-order valence-corrected chi connectivity index (χ0v) is 24.7. The van der Waals surface area contributed by atoms with Gasteiger partial charge in [-0.15, -0.1) is 0 Å². The summed E-state index contributed by atoms with van der Waals surface area (Å²) in [5.74, 6) is 0.164. The highest BCUT2D eigenvalue weighted by Gasteiger charge is 2.17. The van der Waals surface area contributed by atoms with Gasteiger partial charge in [0, 0.05) is 56.2 Å². The number of unbranched alkanes of at least 4 members (excludes halogenated alkanes) is 1. The normalized spacial score (nSPS) is 11.0. The molecular formula is C31H28FIN6O2. The van der Waals surface area contributed by atoms with Crippen molar-refractivity contribution in [2.75, 3.05) is 18.2 Å². The molecule has 1 amide bonds. The molecule has 0 atom stereocenters. The molecule has 0 unspecified atom stereocenters. The third-order valence-electron chi connectivity index (χ3n) is 6.69. The van der Waals surface area contributed by atoms with E-state index in [1.807, 2.05) is 37.3 Å². The number of amides is 1. The molecule has 0 saturated heterocycles. The van der Waals surface area contributed by atoms with E-state index in [2.05, 4.69) is 42.9 Å². The number of nitrogens with two attached hydrogens (primary N) is 1. The molecule has 0 aliphatic heterocycles. The number of H-pyrrole nitrogens is 1. The van der Waals surface area contributed by atoms with Crippen molar-refractivity contribution in [2.24, 2.45) is 0 Å². The van der Waals surface area contributed by atoms with Crippen molar-refractivity contribution in [3.63, 3.8) is 0 Å². The van der Waals surface area contributed by atoms with Gasteiger partial charge in [-0.1, -0.05) is 13.3 Å². The molecule has 0 bridgehead atoms. The van der Waals surface area contributed by atoms with Gasteiger partial charge in [0.25, 0.3) is 0 Å². The molecule has 0 spiro atoms. The predicted molar refractivity (Wildman–Crippen MR) is 169 cm³/mol. The highest BCUT2D eigenvalue weighted by molar-refractivity contribution is 14.1. The SMILES string of the molecule is CCCCC(=O)Nc1cc(I)cc(-c2cnc(N)c(C(=N)c3cc4c(-c5cc(F)cc(OC)c5)cncc4[nH]3)c2)c1. The largest absolute Gasteiger partial charge is 0.497 e. The van der Waals surface area contributed by atoms with E-state index in [9.17, 15) is 9.18 Å². The Hall–Kier alpha value is -4.32. The lowest BCUT2D eigenvalue weighted by Crippen LogP contribution is -2.11. The Bertz CT molecular complexity index is 1780. The van der Waals surface area contributed by atoms with Crippen LogP contribution in [-0.4, -0.2) is 33.7 Å². The third kappa shape index (κ3) is 6.22. The van der Waals surface area contributed by atoms with Gasteiger partial charge in [-0.2, -0.15) is 0 Å². The Morgan fingerprint density at radius 3 is 2.68 bits per heavy atom. The number of rotatable bonds is 9. The van der Waals surface area contributed by atoms with Gasteiger partial charge in [0.1, 0.15) is 17.4 Å². The number of anilines is 2. The van der Waals surface area contributed by atoms with Crippen molar-refractivity contribution in [1.82, 2.24) is 15.0 Å². The molecule has 5 aromatic rings. The molecule has 0 aliphatic carbocycles. The summed E-state index contributed by atoms with van der Waals surface area (Å²) in [4.78, 5) is 24.2. The Balaban J connectivity index is 1.50. The number of hydrogen-bond donors (Lipinski definition) is 4. The van der Waals surface area contributed by atoms with Gasteiger partial charge in [0.15, 0.2) is 0 Å². The molecule has 41 heavy (non-hydrogen) atoms. The molecule has 5 N–H and O–H groups in total. The molecular weight excluding hydrogens is 634 g/mol. The van der Waals surface area contributed by atoms with E-state index < -0.39 is 5.82 Å². The highest BCUT2D eigenvalue weighted by Crippen LogP contribution is 2.33. The number of methoxy groups -OCH3 is 1. The molecule has 0 aliphatic rings. The molecule has 208 valence electrons. The van der Waals surface area contributed by atoms with Crippen molar-refractivity contribution in [2.45, 2.75) is 26.2 Å². The number of carbonyl (C=O) groups is 1. The van der Waals surface area contributed by atoms with E-state index in [-0.39, 0.29) is 17.4 Å². The first-order valence-electron chi connectivity index (χ1n) is 13.0. The van der Waals surface area contributed by atoms with Gasteiger partial charge < -0.3 is 20.8 Å². The Morgan fingerprint density at radius 1 is 1.07 bits per heavy atom. The Kier molecular flexibility index (Phi) is 8.29. The Labute approximate surface area is 250 Å². The monoisotopic (exact) mass is 662 g/mol. The fraction of sp³-hybridized carbons (Fsp3) is 0.161. The van der Waals surface area contributed by atoms with Gasteiger partial charge in [0.05, 0.1) is 30.2 Å². The van der Waals surface area contributed by atoms with E-state index in [1.54, 1.807) is 24.7 Å². The first kappa shape index (κ1) is 28.2. The number of aromatic amines is 1. The van der Waals surface area contributed by atoms with Crippen molar-refractivity contribution >= 4 is 56.6 Å². The van der Waals surface area contributed by atoms with Crippen molar-refractivity contribution in [3.05, 3.63) is 87.8 Å². The topological polar surface area (TPSA) is 130 Å². The number of benzene rings is 2. The summed E-state index contributed by atoms with van der Waals surface area (Å²) in [6, 6.07) is 13.9. The number of nitrogens with zero attached hydrogens (tertiary/aromatic N) is 2. The number of halogens is 2. The second kappa shape index (κ2) is 12.0. The van der Waals surface area contributed by atoms with E-state index >= 15 is 0 Å². The average Bonchev–Trinajstić information content (AvgIpc) is 3.40. The number of nitrogen functional groups attached to an aromatic ring is 1. The maximum Gasteiger partial charge on any atom is 0.224 e. The molecule has 3 heterocycles. The fourth-order valence-electron chi connectivity index (χ4n) is 4.62. The summed E-state index contributed by atoms with van der Waals surface area (Å²) in [5, 5.41) is 12.8. The lowest BCUT2D eigenvalue weighted by molar-refractivity contribution is -0.116. The van der Waals surface area contributed by atoms with E-state index in [4.69, 9.17) is 15.9 Å². The molecule has 0 saturated carbocycles. The van der Waals surface area contributed by atoms with Crippen LogP contribution < -0.4 is 15.8 Å². The molecule has 8 nitrogen and oxygen atoms in total. The lowest BCUT2D eigenvalue weighted by atomic mass is 10.0. The minimum absolute atomic E-state index is 0.0259. The van der Waals surface area contributed by atoms with Gasteiger partial charge in [0.2, 0.25) is 5.91 Å². The summed E-state index contributed by atoms with van der Waals surface area (Å²) < 4.78 is 20.4. The molecule has 0 radical (unpaired) electrons. The molecule has 10 heteroatoms. The van der Waals surface area contributed by atoms with E-state index in [0.717, 1.165) is 32.9 Å². The maximum absolute atomic E-state index is 14.3. The smallest absolute Gasteiger partial charge is 0.224 e. The van der Waals surface area contributed by atoms with Crippen LogP contribution in [0.15, 0.2) is 67.1 Å². The van der Waals surface area contributed by atoms with Crippen LogP contribution in [0.4, 0.5) is 15.9 Å². The second-order valence-corrected chi connectivity index (χ2v) is 10.9. The minimum Gasteiger partial charge on any atom is -0.497 e. The fourth-order valence-corrected chi connectivity index (χ4v) is 5.29. The van der Waals surface area contributed by atoms with Gasteiger partial charge in [-0.05, 0) is 82.6 Å². The van der Waals surface area contributed by atoms with Gasteiger partial charge >= 0.3 is 0 Å². The van der Waals surface area contributed by atoms with Crippen molar-refractivity contribution in [3.8, 4) is 28.0 Å². The molecule has 3 aromatic heterocycles. The number of aromatic nitrogens is 3. The maximum atomic E-state index is 14.3. The van der Waals surface area contributed by atoms with Crippen LogP contribution >= 0.6 is 22.6 Å². The summed E-state index contributed by atoms with van der Waals surface area (Å²) >= 11 is 2.21. The summed E-state index contributed by atoms with van der Waals surface area (Å²) in [6.07, 6.45) is 7.22. The van der Waals surface area contributed by atoms with E-state index in [1.165, 1.54) is 19.2 Å². The zero-order valence-electron chi connectivity index (χ0n) is 22.5. The average molecular weight is 663 g/mol. The second-order valence-electron chi connectivity index (χ2n) is 9.62. The summed E-state index contributed by atoms with van der Waals surface area (Å²) in [5.41, 5.74) is 11.6. The number of nitrogens with one attached hydrogen (secondary N) is 3. The Morgan fingerprint density at radius 2 is 1.90 bits per heavy atom. The quantitative estimate of drug-likeness (QED) is 0.0983. The van der Waals surface area contributed by atoms with Crippen LogP contribution in [0.1, 0.15) is 37.4 Å². The summed E-state index contributed by atoms with van der Waals surface area (Å²) in [7, 11) is 1.49. The molecule has 2 aromatic carbocycles. The third-order valence-corrected chi connectivity index (χ3v) is 7.32. The van der Waals surface area contributed by atoms with Crippen LogP contribution in [-0.2, 0) is 4.79 Å². The lowest BCUT2D eigenvalue weighted by Gasteiger charge is -2.11. The molecule has 5 rings (SSSR count). The predicted octanol–water partition coefficient (Wildman–Crippen LogP) is 7.17. The number of carbonyl (C=O) groups excluding carboxylic acids is 1. The van der Waals surface area contributed by atoms with Gasteiger partial charge in [-0.25, -0.2) is 9.37 Å². The van der Waals surface area contributed by atoms with E-state index in [0.29, 0.717) is 45.8 Å².